The van der Waals surface area contributed by atoms with Crippen LogP contribution in [0.2, 0.25) is 0 Å². The number of aryl methyl sites for hydroxylation is 2. The highest BCUT2D eigenvalue weighted by Crippen LogP contribution is 2.21. The van der Waals surface area contributed by atoms with Crippen molar-refractivity contribution in [3.63, 3.8) is 0 Å². The number of para-hydroxylation sites is 3. The summed E-state index contributed by atoms with van der Waals surface area (Å²) < 4.78 is 2.01. The number of anilines is 2. The topological polar surface area (TPSA) is 72.9 Å². The van der Waals surface area contributed by atoms with Gasteiger partial charge in [0.15, 0.2) is 0 Å². The molecule has 0 spiro atoms. The van der Waals surface area contributed by atoms with E-state index in [4.69, 9.17) is 5.73 Å². The van der Waals surface area contributed by atoms with Crippen LogP contribution >= 0.6 is 0 Å². The molecule has 1 heterocycles. The number of aromatic nitrogens is 2. The number of fused-ring (bicyclic) bond motifs is 1. The summed E-state index contributed by atoms with van der Waals surface area (Å²) in [4.78, 5) is 12.6. The fourth-order valence-electron chi connectivity index (χ4n) is 3.40. The van der Waals surface area contributed by atoms with Gasteiger partial charge >= 0.3 is 0 Å². The Hall–Kier alpha value is -3.60. The van der Waals surface area contributed by atoms with Gasteiger partial charge in [-0.2, -0.15) is 5.10 Å². The third-order valence-electron chi connectivity index (χ3n) is 4.98. The van der Waals surface area contributed by atoms with Gasteiger partial charge in [0.25, 0.3) is 5.91 Å². The monoisotopic (exact) mass is 370 g/mol. The Balaban J connectivity index is 1.58. The lowest BCUT2D eigenvalue weighted by molar-refractivity contribution is 0.102. The van der Waals surface area contributed by atoms with Crippen LogP contribution in [0.15, 0.2) is 66.7 Å². The summed E-state index contributed by atoms with van der Waals surface area (Å²) in [5, 5.41) is 8.71. The van der Waals surface area contributed by atoms with Crippen molar-refractivity contribution < 1.29 is 4.79 Å². The maximum Gasteiger partial charge on any atom is 0.255 e. The SMILES string of the molecule is Cc1cc(C(=O)Nc2ccccc2N)ccc1Cn1nc(C)c2ccccc21. The lowest BCUT2D eigenvalue weighted by Gasteiger charge is -2.11. The number of nitrogens with one attached hydrogen (secondary N) is 1. The quantitative estimate of drug-likeness (QED) is 0.518. The molecule has 140 valence electrons. The van der Waals surface area contributed by atoms with E-state index in [-0.39, 0.29) is 5.91 Å². The fourth-order valence-corrected chi connectivity index (χ4v) is 3.40. The summed E-state index contributed by atoms with van der Waals surface area (Å²) in [6.07, 6.45) is 0. The van der Waals surface area contributed by atoms with Gasteiger partial charge in [-0.15, -0.1) is 0 Å². The van der Waals surface area contributed by atoms with E-state index < -0.39 is 0 Å². The van der Waals surface area contributed by atoms with Gasteiger partial charge in [0.2, 0.25) is 0 Å². The number of benzene rings is 3. The molecule has 1 aromatic heterocycles. The Morgan fingerprint density at radius 2 is 1.79 bits per heavy atom. The molecule has 4 rings (SSSR count). The molecule has 1 amide bonds. The number of hydrogen-bond donors (Lipinski definition) is 2. The van der Waals surface area contributed by atoms with E-state index >= 15 is 0 Å². The van der Waals surface area contributed by atoms with Gasteiger partial charge in [0.05, 0.1) is 29.1 Å². The van der Waals surface area contributed by atoms with Crippen LogP contribution in [-0.4, -0.2) is 15.7 Å². The standard InChI is InChI=1S/C23H22N4O/c1-15-13-17(23(28)25-21-9-5-4-8-20(21)24)11-12-18(15)14-27-22-10-6-3-7-19(22)16(2)26-27/h3-13H,14,24H2,1-2H3,(H,25,28). The van der Waals surface area contributed by atoms with E-state index in [0.717, 1.165) is 27.7 Å². The molecular formula is C23H22N4O. The van der Waals surface area contributed by atoms with Crippen molar-refractivity contribution in [1.29, 1.82) is 0 Å². The number of carbonyl (C=O) groups is 1. The molecule has 0 aliphatic carbocycles. The first kappa shape index (κ1) is 17.8. The second-order valence-electron chi connectivity index (χ2n) is 6.94. The van der Waals surface area contributed by atoms with Crippen LogP contribution in [0.4, 0.5) is 11.4 Å². The van der Waals surface area contributed by atoms with E-state index in [0.29, 0.717) is 23.5 Å². The van der Waals surface area contributed by atoms with Crippen LogP contribution in [0.1, 0.15) is 27.2 Å². The first-order chi connectivity index (χ1) is 13.5. The van der Waals surface area contributed by atoms with Gasteiger partial charge in [-0.25, -0.2) is 0 Å². The summed E-state index contributed by atoms with van der Waals surface area (Å²) in [6.45, 7) is 4.70. The molecule has 0 aliphatic rings. The lowest BCUT2D eigenvalue weighted by atomic mass is 10.0. The smallest absolute Gasteiger partial charge is 0.255 e. The molecule has 0 unspecified atom stereocenters. The number of nitrogen functional groups attached to an aromatic ring is 1. The van der Waals surface area contributed by atoms with Gasteiger partial charge < -0.3 is 11.1 Å². The van der Waals surface area contributed by atoms with Crippen molar-refractivity contribution in [3.8, 4) is 0 Å². The highest BCUT2D eigenvalue weighted by atomic mass is 16.1. The van der Waals surface area contributed by atoms with Crippen LogP contribution in [-0.2, 0) is 6.54 Å². The Morgan fingerprint density at radius 3 is 2.57 bits per heavy atom. The van der Waals surface area contributed by atoms with Gasteiger partial charge in [-0.3, -0.25) is 9.48 Å². The minimum absolute atomic E-state index is 0.173. The molecule has 3 N–H and O–H groups in total. The zero-order valence-electron chi connectivity index (χ0n) is 15.9. The van der Waals surface area contributed by atoms with Gasteiger partial charge in [0, 0.05) is 10.9 Å². The van der Waals surface area contributed by atoms with Crippen LogP contribution in [0.25, 0.3) is 10.9 Å². The van der Waals surface area contributed by atoms with Crippen molar-refractivity contribution in [2.24, 2.45) is 0 Å². The van der Waals surface area contributed by atoms with E-state index in [1.54, 1.807) is 12.1 Å². The zero-order chi connectivity index (χ0) is 19.7. The molecule has 28 heavy (non-hydrogen) atoms. The zero-order valence-corrected chi connectivity index (χ0v) is 15.9. The third-order valence-corrected chi connectivity index (χ3v) is 4.98. The summed E-state index contributed by atoms with van der Waals surface area (Å²) in [7, 11) is 0. The minimum Gasteiger partial charge on any atom is -0.397 e. The van der Waals surface area contributed by atoms with E-state index in [1.165, 1.54) is 0 Å². The van der Waals surface area contributed by atoms with E-state index in [9.17, 15) is 4.79 Å². The normalized spacial score (nSPS) is 10.9. The molecule has 3 aromatic carbocycles. The van der Waals surface area contributed by atoms with Crippen LogP contribution < -0.4 is 11.1 Å². The Labute approximate surface area is 163 Å². The van der Waals surface area contributed by atoms with Gasteiger partial charge in [0.1, 0.15) is 0 Å². The molecular weight excluding hydrogens is 348 g/mol. The Morgan fingerprint density at radius 1 is 1.04 bits per heavy atom. The number of hydrogen-bond acceptors (Lipinski definition) is 3. The number of amides is 1. The molecule has 0 aliphatic heterocycles. The van der Waals surface area contributed by atoms with E-state index in [2.05, 4.69) is 22.5 Å². The summed E-state index contributed by atoms with van der Waals surface area (Å²) in [6, 6.07) is 21.2. The average molecular weight is 370 g/mol. The Bertz CT molecular complexity index is 1180. The molecule has 0 radical (unpaired) electrons. The molecule has 5 heteroatoms. The fraction of sp³-hybridized carbons (Fsp3) is 0.130. The van der Waals surface area contributed by atoms with E-state index in [1.807, 2.05) is 61.0 Å². The number of nitrogens with zero attached hydrogens (tertiary/aromatic N) is 2. The molecule has 0 bridgehead atoms. The molecule has 0 fully saturated rings. The average Bonchev–Trinajstić information content (AvgIpc) is 3.01. The van der Waals surface area contributed by atoms with Crippen LogP contribution in [0.3, 0.4) is 0 Å². The van der Waals surface area contributed by atoms with Gasteiger partial charge in [-0.05, 0) is 55.3 Å². The summed E-state index contributed by atoms with van der Waals surface area (Å²) in [5.41, 5.74) is 12.0. The van der Waals surface area contributed by atoms with Crippen molar-refractivity contribution in [2.45, 2.75) is 20.4 Å². The minimum atomic E-state index is -0.173. The van der Waals surface area contributed by atoms with Crippen LogP contribution in [0, 0.1) is 13.8 Å². The lowest BCUT2D eigenvalue weighted by Crippen LogP contribution is -2.14. The largest absolute Gasteiger partial charge is 0.397 e. The van der Waals surface area contributed by atoms with Gasteiger partial charge in [-0.1, -0.05) is 36.4 Å². The Kier molecular flexibility index (Phi) is 4.57. The molecule has 5 nitrogen and oxygen atoms in total. The third kappa shape index (κ3) is 3.34. The first-order valence-corrected chi connectivity index (χ1v) is 9.20. The highest BCUT2D eigenvalue weighted by molar-refractivity contribution is 6.05. The van der Waals surface area contributed by atoms with Crippen LogP contribution in [0.5, 0.6) is 0 Å². The molecule has 4 aromatic rings. The predicted molar refractivity (Wildman–Crippen MR) is 114 cm³/mol. The predicted octanol–water partition coefficient (Wildman–Crippen LogP) is 4.54. The summed E-state index contributed by atoms with van der Waals surface area (Å²) >= 11 is 0. The van der Waals surface area contributed by atoms with Crippen molar-refractivity contribution in [3.05, 3.63) is 89.1 Å². The molecule has 0 atom stereocenters. The van der Waals surface area contributed by atoms with Crippen molar-refractivity contribution in [2.75, 3.05) is 11.1 Å². The molecule has 0 saturated carbocycles. The maximum absolute atomic E-state index is 12.6. The second-order valence-corrected chi connectivity index (χ2v) is 6.94. The highest BCUT2D eigenvalue weighted by Gasteiger charge is 2.12. The number of nitrogens with two attached hydrogens (primary N) is 1. The summed E-state index contributed by atoms with van der Waals surface area (Å²) in [5.74, 6) is -0.173. The number of rotatable bonds is 4. The number of carbonyl (C=O) groups excluding carboxylic acids is 1. The molecule has 0 saturated heterocycles. The maximum atomic E-state index is 12.6. The van der Waals surface area contributed by atoms with Crippen molar-refractivity contribution in [1.82, 2.24) is 9.78 Å². The van der Waals surface area contributed by atoms with Crippen molar-refractivity contribution >= 4 is 28.2 Å². The first-order valence-electron chi connectivity index (χ1n) is 9.20. The second kappa shape index (κ2) is 7.19.